The lowest BCUT2D eigenvalue weighted by atomic mass is 9.62. The molecule has 4 nitrogen and oxygen atoms in total. The first-order chi connectivity index (χ1) is 11.6. The van der Waals surface area contributed by atoms with E-state index in [1.54, 1.807) is 0 Å². The molecule has 1 aliphatic carbocycles. The summed E-state index contributed by atoms with van der Waals surface area (Å²) in [6.07, 6.45) is 7.62. The third kappa shape index (κ3) is 3.33. The van der Waals surface area contributed by atoms with Crippen molar-refractivity contribution < 1.29 is 4.79 Å². The molecule has 1 aliphatic heterocycles. The average Bonchev–Trinajstić information content (AvgIpc) is 3.02. The Morgan fingerprint density at radius 1 is 1.25 bits per heavy atom. The number of carbonyl (C=O) groups is 1. The molecule has 0 saturated heterocycles. The van der Waals surface area contributed by atoms with Crippen molar-refractivity contribution in [1.29, 1.82) is 0 Å². The first-order valence-electron chi connectivity index (χ1n) is 9.26. The van der Waals surface area contributed by atoms with Crippen LogP contribution in [0, 0.1) is 5.92 Å². The molecular weight excluding hydrogens is 298 g/mol. The molecule has 3 rings (SSSR count). The van der Waals surface area contributed by atoms with Crippen LogP contribution in [0.5, 0.6) is 0 Å². The van der Waals surface area contributed by atoms with Gasteiger partial charge in [0.1, 0.15) is 0 Å². The lowest BCUT2D eigenvalue weighted by Crippen LogP contribution is -2.49. The molecule has 0 radical (unpaired) electrons. The van der Waals surface area contributed by atoms with Gasteiger partial charge in [0.2, 0.25) is 5.91 Å². The summed E-state index contributed by atoms with van der Waals surface area (Å²) in [6, 6.07) is 10.6. The largest absolute Gasteiger partial charge is 0.369 e. The molecule has 1 heterocycles. The number of aliphatic imine (C=N–C) groups is 1. The van der Waals surface area contributed by atoms with Gasteiger partial charge in [-0.1, -0.05) is 49.6 Å². The van der Waals surface area contributed by atoms with Crippen LogP contribution in [-0.2, 0) is 10.2 Å². The van der Waals surface area contributed by atoms with Crippen molar-refractivity contribution >= 4 is 11.7 Å². The second-order valence-electron chi connectivity index (χ2n) is 7.34. The Morgan fingerprint density at radius 2 is 1.96 bits per heavy atom. The summed E-state index contributed by atoms with van der Waals surface area (Å²) in [5.74, 6) is 1.20. The van der Waals surface area contributed by atoms with Crippen LogP contribution >= 0.6 is 0 Å². The van der Waals surface area contributed by atoms with Gasteiger partial charge >= 0.3 is 0 Å². The summed E-state index contributed by atoms with van der Waals surface area (Å²) in [4.78, 5) is 17.2. The van der Waals surface area contributed by atoms with E-state index in [0.717, 1.165) is 43.6 Å². The van der Waals surface area contributed by atoms with Gasteiger partial charge in [0, 0.05) is 6.04 Å². The van der Waals surface area contributed by atoms with Crippen molar-refractivity contribution in [3.63, 3.8) is 0 Å². The molecule has 2 unspecified atom stereocenters. The van der Waals surface area contributed by atoms with E-state index in [4.69, 9.17) is 5.73 Å². The second-order valence-corrected chi connectivity index (χ2v) is 7.34. The third-order valence-electron chi connectivity index (χ3n) is 5.88. The van der Waals surface area contributed by atoms with Crippen LogP contribution in [0.25, 0.3) is 0 Å². The summed E-state index contributed by atoms with van der Waals surface area (Å²) < 4.78 is 0. The Bertz CT molecular complexity index is 592. The first kappa shape index (κ1) is 17.0. The summed E-state index contributed by atoms with van der Waals surface area (Å²) >= 11 is 0. The van der Waals surface area contributed by atoms with Gasteiger partial charge in [-0.25, -0.2) is 0 Å². The molecule has 1 aromatic carbocycles. The Balaban J connectivity index is 1.87. The fraction of sp³-hybridized carbons (Fsp3) is 0.600. The van der Waals surface area contributed by atoms with Crippen molar-refractivity contribution in [2.45, 2.75) is 63.3 Å². The number of rotatable bonds is 6. The molecule has 4 heteroatoms. The van der Waals surface area contributed by atoms with Crippen LogP contribution in [0.2, 0.25) is 0 Å². The number of hydrogen-bond donors (Lipinski definition) is 2. The van der Waals surface area contributed by atoms with Crippen LogP contribution in [-0.4, -0.2) is 24.3 Å². The van der Waals surface area contributed by atoms with Crippen LogP contribution in [0.15, 0.2) is 35.3 Å². The molecule has 1 fully saturated rings. The maximum Gasteiger partial charge on any atom is 0.228 e. The minimum atomic E-state index is -0.542. The lowest BCUT2D eigenvalue weighted by Gasteiger charge is -2.41. The molecule has 1 amide bonds. The van der Waals surface area contributed by atoms with E-state index in [2.05, 4.69) is 22.4 Å². The van der Waals surface area contributed by atoms with Crippen molar-refractivity contribution in [2.75, 3.05) is 6.54 Å². The van der Waals surface area contributed by atoms with Crippen molar-refractivity contribution in [1.82, 2.24) is 5.32 Å². The Hall–Kier alpha value is -1.84. The van der Waals surface area contributed by atoms with Gasteiger partial charge in [0.05, 0.1) is 17.8 Å². The predicted molar refractivity (Wildman–Crippen MR) is 98.0 cm³/mol. The Morgan fingerprint density at radius 3 is 2.54 bits per heavy atom. The van der Waals surface area contributed by atoms with Crippen molar-refractivity contribution in [2.24, 2.45) is 16.6 Å². The predicted octanol–water partition coefficient (Wildman–Crippen LogP) is 3.16. The molecule has 24 heavy (non-hydrogen) atoms. The van der Waals surface area contributed by atoms with Crippen molar-refractivity contribution in [3.05, 3.63) is 35.9 Å². The quantitative estimate of drug-likeness (QED) is 0.843. The number of amidine groups is 1. The summed E-state index contributed by atoms with van der Waals surface area (Å²) in [5.41, 5.74) is 6.61. The molecule has 0 spiro atoms. The first-order valence-corrected chi connectivity index (χ1v) is 9.26. The molecule has 1 saturated carbocycles. The van der Waals surface area contributed by atoms with Gasteiger partial charge in [0.15, 0.2) is 0 Å². The molecule has 130 valence electrons. The highest BCUT2D eigenvalue weighted by Crippen LogP contribution is 2.44. The molecule has 2 atom stereocenters. The average molecular weight is 327 g/mol. The van der Waals surface area contributed by atoms with Crippen molar-refractivity contribution in [3.8, 4) is 0 Å². The lowest BCUT2D eigenvalue weighted by molar-refractivity contribution is -0.126. The number of nitrogens with two attached hydrogens (primary N) is 1. The van der Waals surface area contributed by atoms with Gasteiger partial charge in [-0.05, 0) is 44.1 Å². The minimum absolute atomic E-state index is 0.156. The topological polar surface area (TPSA) is 67.5 Å². The third-order valence-corrected chi connectivity index (χ3v) is 5.88. The van der Waals surface area contributed by atoms with E-state index in [0.29, 0.717) is 12.0 Å². The van der Waals surface area contributed by atoms with E-state index in [9.17, 15) is 4.79 Å². The SMILES string of the molecule is CC1=NCC(CCC(C(N)=O)(c2ccccc2)C2CCCCC2)N1. The number of hydrogen-bond acceptors (Lipinski definition) is 3. The highest BCUT2D eigenvalue weighted by atomic mass is 16.1. The standard InChI is InChI=1S/C20H29N3O/c1-15-22-14-18(23-15)12-13-20(19(21)24,16-8-4-2-5-9-16)17-10-6-3-7-11-17/h2,4-5,8-9,17-18H,3,6-7,10-14H2,1H3,(H2,21,24)(H,22,23). The maximum absolute atomic E-state index is 12.8. The minimum Gasteiger partial charge on any atom is -0.369 e. The Labute approximate surface area is 144 Å². The molecule has 2 aliphatic rings. The maximum atomic E-state index is 12.8. The smallest absolute Gasteiger partial charge is 0.228 e. The number of primary amides is 1. The molecule has 0 aromatic heterocycles. The van der Waals surface area contributed by atoms with Gasteiger partial charge in [0.25, 0.3) is 0 Å². The van der Waals surface area contributed by atoms with Crippen LogP contribution in [0.4, 0.5) is 0 Å². The summed E-state index contributed by atoms with van der Waals surface area (Å²) in [6.45, 7) is 2.81. The number of amides is 1. The molecule has 3 N–H and O–H groups in total. The van der Waals surface area contributed by atoms with E-state index in [1.165, 1.54) is 19.3 Å². The van der Waals surface area contributed by atoms with E-state index in [-0.39, 0.29) is 5.91 Å². The summed E-state index contributed by atoms with van der Waals surface area (Å²) in [5, 5.41) is 3.42. The highest BCUT2D eigenvalue weighted by Gasteiger charge is 2.45. The fourth-order valence-corrected chi connectivity index (χ4v) is 4.58. The number of nitrogens with one attached hydrogen (secondary N) is 1. The van der Waals surface area contributed by atoms with E-state index < -0.39 is 5.41 Å². The van der Waals surface area contributed by atoms with Crippen LogP contribution in [0.3, 0.4) is 0 Å². The zero-order valence-corrected chi connectivity index (χ0v) is 14.6. The van der Waals surface area contributed by atoms with E-state index in [1.807, 2.05) is 25.1 Å². The zero-order chi connectivity index (χ0) is 17.0. The van der Waals surface area contributed by atoms with E-state index >= 15 is 0 Å². The number of carbonyl (C=O) groups excluding carboxylic acids is 1. The molecular formula is C20H29N3O. The highest BCUT2D eigenvalue weighted by molar-refractivity contribution is 5.87. The number of nitrogens with zero attached hydrogens (tertiary/aromatic N) is 1. The van der Waals surface area contributed by atoms with Gasteiger partial charge in [-0.3, -0.25) is 9.79 Å². The number of benzene rings is 1. The Kier molecular flexibility index (Phi) is 5.22. The van der Waals surface area contributed by atoms with Gasteiger partial charge < -0.3 is 11.1 Å². The monoisotopic (exact) mass is 327 g/mol. The molecule has 0 bridgehead atoms. The summed E-state index contributed by atoms with van der Waals surface area (Å²) in [7, 11) is 0. The zero-order valence-electron chi connectivity index (χ0n) is 14.6. The second kappa shape index (κ2) is 7.37. The van der Waals surface area contributed by atoms with Crippen LogP contribution in [0.1, 0.15) is 57.4 Å². The van der Waals surface area contributed by atoms with Crippen LogP contribution < -0.4 is 11.1 Å². The fourth-order valence-electron chi connectivity index (χ4n) is 4.58. The molecule has 1 aromatic rings. The normalized spacial score (nSPS) is 24.0. The van der Waals surface area contributed by atoms with Gasteiger partial charge in [-0.2, -0.15) is 0 Å². The van der Waals surface area contributed by atoms with Gasteiger partial charge in [-0.15, -0.1) is 0 Å².